The first-order chi connectivity index (χ1) is 9.86. The molecule has 21 heavy (non-hydrogen) atoms. The van der Waals surface area contributed by atoms with Gasteiger partial charge in [-0.1, -0.05) is 26.2 Å². The summed E-state index contributed by atoms with van der Waals surface area (Å²) in [7, 11) is -0.563. The maximum atomic E-state index is 12.4. The van der Waals surface area contributed by atoms with E-state index in [1.807, 2.05) is 0 Å². The van der Waals surface area contributed by atoms with E-state index in [1.54, 1.807) is 0 Å². The van der Waals surface area contributed by atoms with Crippen LogP contribution in [0.1, 0.15) is 39.0 Å². The lowest BCUT2D eigenvalue weighted by Crippen LogP contribution is -2.28. The summed E-state index contributed by atoms with van der Waals surface area (Å²) in [6.07, 6.45) is 5.76. The molecule has 0 radical (unpaired) electrons. The smallest absolute Gasteiger partial charge is 0.249 e. The number of nitrogens with one attached hydrogen (secondary N) is 1. The van der Waals surface area contributed by atoms with E-state index < -0.39 is 10.0 Å². The third kappa shape index (κ3) is 3.49. The average molecular weight is 332 g/mol. The van der Waals surface area contributed by atoms with Crippen molar-refractivity contribution < 1.29 is 8.42 Å². The molecule has 0 aromatic carbocycles. The maximum absolute atomic E-state index is 12.4. The zero-order valence-corrected chi connectivity index (χ0v) is 14.4. The van der Waals surface area contributed by atoms with E-state index in [4.69, 9.17) is 5.73 Å². The Hall–Kier alpha value is -0.860. The van der Waals surface area contributed by atoms with Crippen molar-refractivity contribution in [1.29, 1.82) is 0 Å². The van der Waals surface area contributed by atoms with Gasteiger partial charge in [-0.25, -0.2) is 12.7 Å². The van der Waals surface area contributed by atoms with Crippen molar-refractivity contribution in [3.63, 3.8) is 0 Å². The van der Waals surface area contributed by atoms with Gasteiger partial charge < -0.3 is 11.1 Å². The van der Waals surface area contributed by atoms with Gasteiger partial charge in [0.25, 0.3) is 0 Å². The molecule has 0 bridgehead atoms. The third-order valence-electron chi connectivity index (χ3n) is 4.11. The predicted molar refractivity (Wildman–Crippen MR) is 87.1 cm³/mol. The Morgan fingerprint density at radius 2 is 2.14 bits per heavy atom. The van der Waals surface area contributed by atoms with Crippen molar-refractivity contribution in [3.05, 3.63) is 0 Å². The average Bonchev–Trinajstić information content (AvgIpc) is 2.80. The molecule has 6 nitrogen and oxygen atoms in total. The Labute approximate surface area is 130 Å². The molecule has 1 saturated carbocycles. The number of anilines is 2. The monoisotopic (exact) mass is 332 g/mol. The van der Waals surface area contributed by atoms with E-state index >= 15 is 0 Å². The van der Waals surface area contributed by atoms with Crippen LogP contribution in [-0.4, -0.2) is 37.2 Å². The first-order valence-corrected chi connectivity index (χ1v) is 9.51. The van der Waals surface area contributed by atoms with Gasteiger partial charge in [0.05, 0.1) is 0 Å². The normalized spacial score (nSPS) is 23.4. The van der Waals surface area contributed by atoms with Crippen molar-refractivity contribution in [2.45, 2.75) is 50.0 Å². The fraction of sp³-hybridized carbons (Fsp3) is 0.769. The summed E-state index contributed by atoms with van der Waals surface area (Å²) in [5, 5.41) is 3.94. The van der Waals surface area contributed by atoms with Crippen molar-refractivity contribution >= 4 is 32.4 Å². The molecule has 0 amide bonds. The predicted octanol–water partition coefficient (Wildman–Crippen LogP) is 2.36. The summed E-state index contributed by atoms with van der Waals surface area (Å²) >= 11 is 1.13. The minimum Gasteiger partial charge on any atom is -0.382 e. The van der Waals surface area contributed by atoms with E-state index in [0.29, 0.717) is 11.0 Å². The number of sulfonamides is 1. The van der Waals surface area contributed by atoms with Crippen LogP contribution in [-0.2, 0) is 10.0 Å². The molecule has 3 N–H and O–H groups in total. The molecule has 1 aliphatic carbocycles. The van der Waals surface area contributed by atoms with Gasteiger partial charge in [-0.2, -0.15) is 4.37 Å². The lowest BCUT2D eigenvalue weighted by molar-refractivity contribution is 0.327. The van der Waals surface area contributed by atoms with Gasteiger partial charge in [-0.15, -0.1) is 0 Å². The molecular formula is C13H24N4O2S2. The molecule has 2 unspecified atom stereocenters. The molecule has 1 heterocycles. The number of nitrogen functional groups attached to an aromatic ring is 1. The zero-order valence-electron chi connectivity index (χ0n) is 12.8. The summed E-state index contributed by atoms with van der Waals surface area (Å²) < 4.78 is 29.9. The Bertz CT molecular complexity index is 583. The maximum Gasteiger partial charge on any atom is 0.249 e. The molecule has 0 saturated heterocycles. The van der Waals surface area contributed by atoms with E-state index in [2.05, 4.69) is 16.6 Å². The lowest BCUT2D eigenvalue weighted by Gasteiger charge is -2.29. The van der Waals surface area contributed by atoms with Gasteiger partial charge in [0, 0.05) is 20.1 Å². The number of nitrogens with zero attached hydrogens (tertiary/aromatic N) is 2. The first-order valence-electron chi connectivity index (χ1n) is 7.30. The highest BCUT2D eigenvalue weighted by Crippen LogP contribution is 2.36. The molecule has 1 aliphatic rings. The van der Waals surface area contributed by atoms with Gasteiger partial charge in [0.15, 0.2) is 10.7 Å². The van der Waals surface area contributed by atoms with Gasteiger partial charge in [0.2, 0.25) is 10.0 Å². The van der Waals surface area contributed by atoms with Gasteiger partial charge >= 0.3 is 0 Å². The van der Waals surface area contributed by atoms with Gasteiger partial charge in [-0.3, -0.25) is 0 Å². The highest BCUT2D eigenvalue weighted by molar-refractivity contribution is 7.89. The quantitative estimate of drug-likeness (QED) is 0.864. The molecular weight excluding hydrogens is 308 g/mol. The van der Waals surface area contributed by atoms with Crippen molar-refractivity contribution in [2.24, 2.45) is 5.92 Å². The molecule has 2 atom stereocenters. The van der Waals surface area contributed by atoms with Crippen molar-refractivity contribution in [1.82, 2.24) is 8.68 Å². The summed E-state index contributed by atoms with van der Waals surface area (Å²) in [5.41, 5.74) is 5.78. The number of nitrogens with two attached hydrogens (primary N) is 1. The molecule has 1 aromatic heterocycles. The SMILES string of the molecule is CCC1CCCC(Nc2snc(N)c2S(=O)(=O)N(C)C)C1. The van der Waals surface area contributed by atoms with Crippen molar-refractivity contribution in [2.75, 3.05) is 25.1 Å². The van der Waals surface area contributed by atoms with Crippen molar-refractivity contribution in [3.8, 4) is 0 Å². The van der Waals surface area contributed by atoms with E-state index in [1.165, 1.54) is 37.7 Å². The number of rotatable bonds is 5. The minimum atomic E-state index is -3.57. The van der Waals surface area contributed by atoms with Gasteiger partial charge in [0.1, 0.15) is 5.00 Å². The molecule has 0 aliphatic heterocycles. The Balaban J connectivity index is 2.22. The lowest BCUT2D eigenvalue weighted by atomic mass is 9.84. The largest absolute Gasteiger partial charge is 0.382 e. The molecule has 0 spiro atoms. The molecule has 1 aromatic rings. The Kier molecular flexibility index (Phi) is 5.11. The van der Waals surface area contributed by atoms with Gasteiger partial charge in [-0.05, 0) is 30.3 Å². The summed E-state index contributed by atoms with van der Waals surface area (Å²) in [5.74, 6) is 0.800. The van der Waals surface area contributed by atoms with Crippen LogP contribution >= 0.6 is 11.5 Å². The molecule has 2 rings (SSSR count). The fourth-order valence-electron chi connectivity index (χ4n) is 2.80. The van der Waals surface area contributed by atoms with E-state index in [0.717, 1.165) is 30.3 Å². The van der Waals surface area contributed by atoms with E-state index in [9.17, 15) is 8.42 Å². The highest BCUT2D eigenvalue weighted by Gasteiger charge is 2.30. The summed E-state index contributed by atoms with van der Waals surface area (Å²) in [6.45, 7) is 2.21. The minimum absolute atomic E-state index is 0.0825. The Morgan fingerprint density at radius 3 is 2.76 bits per heavy atom. The Morgan fingerprint density at radius 1 is 1.43 bits per heavy atom. The van der Waals surface area contributed by atoms with Crippen LogP contribution in [0.5, 0.6) is 0 Å². The highest BCUT2D eigenvalue weighted by atomic mass is 32.2. The second kappa shape index (κ2) is 6.50. The van der Waals surface area contributed by atoms with Crippen LogP contribution < -0.4 is 11.1 Å². The van der Waals surface area contributed by atoms with Crippen LogP contribution in [0.3, 0.4) is 0 Å². The van der Waals surface area contributed by atoms with Crippen LogP contribution in [0, 0.1) is 5.92 Å². The third-order valence-corrected chi connectivity index (χ3v) is 6.92. The van der Waals surface area contributed by atoms with Crippen LogP contribution in [0.2, 0.25) is 0 Å². The standard InChI is InChI=1S/C13H24N4O2S2/c1-4-9-6-5-7-10(8-9)15-13-11(12(14)16-20-13)21(18,19)17(2)3/h9-10,15H,4-8H2,1-3H3,(H2,14,16). The second-order valence-electron chi connectivity index (χ2n) is 5.80. The van der Waals surface area contributed by atoms with Crippen LogP contribution in [0.4, 0.5) is 10.8 Å². The number of hydrogen-bond donors (Lipinski definition) is 2. The number of aromatic nitrogens is 1. The van der Waals surface area contributed by atoms with E-state index in [-0.39, 0.29) is 10.7 Å². The zero-order chi connectivity index (χ0) is 15.6. The molecule has 8 heteroatoms. The first kappa shape index (κ1) is 16.5. The molecule has 1 fully saturated rings. The summed E-state index contributed by atoms with van der Waals surface area (Å²) in [6, 6.07) is 0.305. The van der Waals surface area contributed by atoms with Crippen LogP contribution in [0.25, 0.3) is 0 Å². The molecule has 120 valence electrons. The second-order valence-corrected chi connectivity index (χ2v) is 8.66. The summed E-state index contributed by atoms with van der Waals surface area (Å²) in [4.78, 5) is 0.121. The topological polar surface area (TPSA) is 88.3 Å². The van der Waals surface area contributed by atoms with Crippen LogP contribution in [0.15, 0.2) is 4.90 Å². The number of hydrogen-bond acceptors (Lipinski definition) is 6. The fourth-order valence-corrected chi connectivity index (χ4v) is 4.94.